The minimum absolute atomic E-state index is 0.142. The van der Waals surface area contributed by atoms with E-state index in [9.17, 15) is 18.0 Å². The number of hydrogen-bond donors (Lipinski definition) is 0. The fraction of sp³-hybridized carbons (Fsp3) is 0.417. The lowest BCUT2D eigenvalue weighted by Crippen LogP contribution is -2.42. The third-order valence-electron chi connectivity index (χ3n) is 6.17. The van der Waals surface area contributed by atoms with E-state index < -0.39 is 11.7 Å². The van der Waals surface area contributed by atoms with Crippen molar-refractivity contribution < 1.29 is 13.2 Å². The molecule has 1 aliphatic heterocycles. The van der Waals surface area contributed by atoms with Crippen molar-refractivity contribution in [2.45, 2.75) is 45.5 Å². The van der Waals surface area contributed by atoms with E-state index in [4.69, 9.17) is 11.6 Å². The molecular formula is C24H25ClF3N3O. The van der Waals surface area contributed by atoms with Gasteiger partial charge in [0, 0.05) is 19.1 Å². The largest absolute Gasteiger partial charge is 0.417 e. The maximum atomic E-state index is 13.2. The summed E-state index contributed by atoms with van der Waals surface area (Å²) in [4.78, 5) is 20.1. The quantitative estimate of drug-likeness (QED) is 0.486. The normalized spacial score (nSPS) is 17.9. The lowest BCUT2D eigenvalue weighted by molar-refractivity contribution is -0.137. The number of alkyl halides is 3. The molecule has 3 aromatic rings. The molecule has 2 aromatic carbocycles. The van der Waals surface area contributed by atoms with Crippen LogP contribution >= 0.6 is 11.6 Å². The zero-order chi connectivity index (χ0) is 23.0. The van der Waals surface area contributed by atoms with Gasteiger partial charge in [-0.25, -0.2) is 4.98 Å². The average Bonchev–Trinajstić information content (AvgIpc) is 2.75. The fourth-order valence-electron chi connectivity index (χ4n) is 4.39. The van der Waals surface area contributed by atoms with Gasteiger partial charge in [-0.3, -0.25) is 9.36 Å². The van der Waals surface area contributed by atoms with Gasteiger partial charge in [-0.15, -0.1) is 0 Å². The van der Waals surface area contributed by atoms with Gasteiger partial charge in [0.15, 0.2) is 0 Å². The number of benzene rings is 2. The first-order chi connectivity index (χ1) is 15.1. The maximum Gasteiger partial charge on any atom is 0.417 e. The molecule has 1 saturated heterocycles. The molecule has 0 unspecified atom stereocenters. The summed E-state index contributed by atoms with van der Waals surface area (Å²) in [5.74, 6) is 0.375. The molecule has 8 heteroatoms. The van der Waals surface area contributed by atoms with Crippen molar-refractivity contribution in [1.29, 1.82) is 0 Å². The SMILES string of the molecule is CC(C)N1CCC[C@H](Cn2cnc3ccc(-c4ccc(C(F)(F)F)c(Cl)c4)cc3c2=O)C1. The number of hydrogen-bond acceptors (Lipinski definition) is 3. The van der Waals surface area contributed by atoms with Crippen molar-refractivity contribution in [3.05, 3.63) is 63.7 Å². The minimum Gasteiger partial charge on any atom is -0.301 e. The smallest absolute Gasteiger partial charge is 0.301 e. The molecule has 0 radical (unpaired) electrons. The van der Waals surface area contributed by atoms with Crippen molar-refractivity contribution in [3.8, 4) is 11.1 Å². The molecular weight excluding hydrogens is 439 g/mol. The van der Waals surface area contributed by atoms with E-state index in [1.807, 2.05) is 0 Å². The third kappa shape index (κ3) is 4.69. The summed E-state index contributed by atoms with van der Waals surface area (Å²) in [5, 5.41) is 0.0724. The number of piperidine rings is 1. The van der Waals surface area contributed by atoms with Crippen LogP contribution < -0.4 is 5.56 Å². The van der Waals surface area contributed by atoms with Gasteiger partial charge in [-0.1, -0.05) is 23.7 Å². The van der Waals surface area contributed by atoms with Gasteiger partial charge in [0.05, 0.1) is 27.8 Å². The van der Waals surface area contributed by atoms with Crippen LogP contribution in [-0.4, -0.2) is 33.6 Å². The Kier molecular flexibility index (Phi) is 6.32. The van der Waals surface area contributed by atoms with Gasteiger partial charge in [-0.2, -0.15) is 13.2 Å². The van der Waals surface area contributed by atoms with Crippen molar-refractivity contribution in [1.82, 2.24) is 14.5 Å². The molecule has 4 nitrogen and oxygen atoms in total. The lowest BCUT2D eigenvalue weighted by atomic mass is 9.97. The maximum absolute atomic E-state index is 13.2. The van der Waals surface area contributed by atoms with Crippen molar-refractivity contribution in [2.24, 2.45) is 5.92 Å². The molecule has 0 spiro atoms. The molecule has 0 amide bonds. The Balaban J connectivity index is 1.65. The Morgan fingerprint density at radius 1 is 1.16 bits per heavy atom. The summed E-state index contributed by atoms with van der Waals surface area (Å²) in [5.41, 5.74) is 0.667. The molecule has 4 rings (SSSR count). The van der Waals surface area contributed by atoms with Gasteiger partial charge < -0.3 is 4.90 Å². The molecule has 1 fully saturated rings. The van der Waals surface area contributed by atoms with Crippen molar-refractivity contribution >= 4 is 22.5 Å². The zero-order valence-corrected chi connectivity index (χ0v) is 18.7. The lowest BCUT2D eigenvalue weighted by Gasteiger charge is -2.35. The van der Waals surface area contributed by atoms with Crippen LogP contribution in [0.1, 0.15) is 32.3 Å². The highest BCUT2D eigenvalue weighted by atomic mass is 35.5. The molecule has 0 bridgehead atoms. The minimum atomic E-state index is -4.51. The van der Waals surface area contributed by atoms with E-state index in [1.165, 1.54) is 12.1 Å². The molecule has 170 valence electrons. The van der Waals surface area contributed by atoms with E-state index in [-0.39, 0.29) is 10.6 Å². The van der Waals surface area contributed by atoms with Crippen molar-refractivity contribution in [2.75, 3.05) is 13.1 Å². The summed E-state index contributed by atoms with van der Waals surface area (Å²) in [7, 11) is 0. The predicted molar refractivity (Wildman–Crippen MR) is 121 cm³/mol. The summed E-state index contributed by atoms with van der Waals surface area (Å²) in [6.45, 7) is 6.99. The first-order valence-corrected chi connectivity index (χ1v) is 11.1. The van der Waals surface area contributed by atoms with Gasteiger partial charge >= 0.3 is 6.18 Å². The first kappa shape index (κ1) is 22.8. The van der Waals surface area contributed by atoms with E-state index in [0.29, 0.717) is 40.5 Å². The Labute approximate surface area is 189 Å². The van der Waals surface area contributed by atoms with Crippen LogP contribution in [0.5, 0.6) is 0 Å². The Hall–Kier alpha value is -2.38. The number of rotatable bonds is 4. The van der Waals surface area contributed by atoms with E-state index in [1.54, 1.807) is 29.1 Å². The highest BCUT2D eigenvalue weighted by molar-refractivity contribution is 6.31. The fourth-order valence-corrected chi connectivity index (χ4v) is 4.67. The summed E-state index contributed by atoms with van der Waals surface area (Å²) >= 11 is 5.88. The Morgan fingerprint density at radius 3 is 2.56 bits per heavy atom. The average molecular weight is 464 g/mol. The molecule has 1 aromatic heterocycles. The second-order valence-corrected chi connectivity index (χ2v) is 9.13. The second kappa shape index (κ2) is 8.87. The summed E-state index contributed by atoms with van der Waals surface area (Å²) < 4.78 is 40.7. The van der Waals surface area contributed by atoms with Crippen LogP contribution in [0.3, 0.4) is 0 Å². The van der Waals surface area contributed by atoms with E-state index in [2.05, 4.69) is 23.7 Å². The molecule has 1 atom stereocenters. The molecule has 32 heavy (non-hydrogen) atoms. The molecule has 0 aliphatic carbocycles. The predicted octanol–water partition coefficient (Wildman–Crippen LogP) is 5.86. The molecule has 2 heterocycles. The van der Waals surface area contributed by atoms with Gasteiger partial charge in [0.25, 0.3) is 5.56 Å². The van der Waals surface area contributed by atoms with Crippen LogP contribution in [0, 0.1) is 5.92 Å². The monoisotopic (exact) mass is 463 g/mol. The molecule has 0 N–H and O–H groups in total. The molecule has 1 aliphatic rings. The number of aromatic nitrogens is 2. The standard InChI is InChI=1S/C24H25ClF3N3O/c1-15(2)30-9-3-4-16(12-30)13-31-14-29-22-8-6-17(10-19(22)23(31)32)18-5-7-20(21(25)11-18)24(26,27)28/h5-8,10-11,14-16H,3-4,9,12-13H2,1-2H3/t16-/m0/s1. The van der Waals surface area contributed by atoms with Crippen LogP contribution in [0.15, 0.2) is 47.5 Å². The highest BCUT2D eigenvalue weighted by Crippen LogP contribution is 2.37. The first-order valence-electron chi connectivity index (χ1n) is 10.7. The number of halogens is 4. The number of likely N-dealkylation sites (tertiary alicyclic amines) is 1. The van der Waals surface area contributed by atoms with E-state index in [0.717, 1.165) is 32.0 Å². The Morgan fingerprint density at radius 2 is 1.88 bits per heavy atom. The van der Waals surface area contributed by atoms with Crippen LogP contribution in [-0.2, 0) is 12.7 Å². The summed E-state index contributed by atoms with van der Waals surface area (Å²) in [6, 6.07) is 9.22. The number of nitrogens with zero attached hydrogens (tertiary/aromatic N) is 3. The van der Waals surface area contributed by atoms with E-state index >= 15 is 0 Å². The third-order valence-corrected chi connectivity index (χ3v) is 6.48. The topological polar surface area (TPSA) is 38.1 Å². The zero-order valence-electron chi connectivity index (χ0n) is 18.0. The van der Waals surface area contributed by atoms with Gasteiger partial charge in [-0.05, 0) is 74.5 Å². The van der Waals surface area contributed by atoms with Crippen molar-refractivity contribution in [3.63, 3.8) is 0 Å². The molecule has 0 saturated carbocycles. The van der Waals surface area contributed by atoms with Crippen LogP contribution in [0.2, 0.25) is 5.02 Å². The highest BCUT2D eigenvalue weighted by Gasteiger charge is 2.33. The second-order valence-electron chi connectivity index (χ2n) is 8.72. The van der Waals surface area contributed by atoms with Gasteiger partial charge in [0.2, 0.25) is 0 Å². The Bertz CT molecular complexity index is 1190. The number of fused-ring (bicyclic) bond motifs is 1. The summed E-state index contributed by atoms with van der Waals surface area (Å²) in [6.07, 6.45) is -0.746. The van der Waals surface area contributed by atoms with Crippen LogP contribution in [0.4, 0.5) is 13.2 Å². The van der Waals surface area contributed by atoms with Crippen LogP contribution in [0.25, 0.3) is 22.0 Å². The van der Waals surface area contributed by atoms with Gasteiger partial charge in [0.1, 0.15) is 0 Å².